The number of nitrogens with one attached hydrogen (secondary N) is 6. The van der Waals surface area contributed by atoms with Crippen LogP contribution in [0.5, 0.6) is 0 Å². The summed E-state index contributed by atoms with van der Waals surface area (Å²) in [6, 6.07) is -13.9. The van der Waals surface area contributed by atoms with E-state index in [0.717, 1.165) is 11.8 Å². The SMILES string of the molecule is C[C@@H](O)[C@H](NC(=O)[C@@H]1CCCN1C(=O)[C@@H]1CCCN1C(=O)[C@H](CC(N)=O)NC(=O)[C@H](CCC(=O)O)NC(=O)[C@H](CCCCN)NC(=O)[C@H](CO)NC(=O)[C@H](CCC(N)=O)NC(=O)[C@@H](N)CCC(N)=O)C(=O)O. The van der Waals surface area contributed by atoms with Gasteiger partial charge in [-0.1, -0.05) is 0 Å². The molecule has 0 unspecified atom stereocenters. The van der Waals surface area contributed by atoms with Crippen LogP contribution in [0.3, 0.4) is 0 Å². The van der Waals surface area contributed by atoms with Gasteiger partial charge in [0.25, 0.3) is 0 Å². The van der Waals surface area contributed by atoms with Crippen LogP contribution in [-0.2, 0) is 62.3 Å². The van der Waals surface area contributed by atoms with Crippen molar-refractivity contribution in [2.75, 3.05) is 26.2 Å². The highest BCUT2D eigenvalue weighted by Gasteiger charge is 2.45. The quantitative estimate of drug-likeness (QED) is 0.0278. The molecule has 10 atom stereocenters. The molecular formula is C42H69N13O17. The first-order valence-corrected chi connectivity index (χ1v) is 23.3. The molecule has 2 rings (SSSR count). The van der Waals surface area contributed by atoms with Gasteiger partial charge in [0.1, 0.15) is 42.3 Å². The zero-order chi connectivity index (χ0) is 54.4. The number of hydrogen-bond acceptors (Lipinski definition) is 17. The number of carboxylic acids is 2. The number of nitrogens with zero attached hydrogens (tertiary/aromatic N) is 2. The van der Waals surface area contributed by atoms with Crippen LogP contribution in [-0.4, -0.2) is 194 Å². The number of amides is 11. The van der Waals surface area contributed by atoms with Gasteiger partial charge >= 0.3 is 11.9 Å². The van der Waals surface area contributed by atoms with Crippen molar-refractivity contribution in [1.82, 2.24) is 41.7 Å². The summed E-state index contributed by atoms with van der Waals surface area (Å²) in [5.74, 6) is -13.7. The number of rotatable bonds is 32. The standard InChI is InChI=1S/C42H69N13O17/c1-20(57)33(42(71)72)53-39(68)27-7-4-16-54(27)41(70)28-8-5-17-55(28)40(69)25(18-31(47)60)51-36(65)24(11-14-32(61)62)50-35(64)22(6-2-3-15-43)49-38(67)26(19-56)52-37(66)23(10-13-30(46)59)48-34(63)21(44)9-12-29(45)58/h20-28,33,56-57H,2-19,43-44H2,1H3,(H2,45,58)(H2,46,59)(H2,47,60)(H,48,63)(H,49,67)(H,50,64)(H,51,65)(H,52,66)(H,53,68)(H,61,62)(H,71,72)/t20-,21+,22+,23+,24+,25+,26+,27+,28+,33+/m1/s1. The number of aliphatic hydroxyl groups is 2. The Kier molecular flexibility index (Phi) is 25.4. The van der Waals surface area contributed by atoms with Gasteiger partial charge in [-0.15, -0.1) is 0 Å². The van der Waals surface area contributed by atoms with Gasteiger partial charge in [-0.2, -0.15) is 0 Å². The van der Waals surface area contributed by atoms with E-state index in [0.29, 0.717) is 12.8 Å². The molecule has 11 amide bonds. The van der Waals surface area contributed by atoms with Gasteiger partial charge in [-0.3, -0.25) is 57.5 Å². The van der Waals surface area contributed by atoms with E-state index in [1.54, 1.807) is 0 Å². The van der Waals surface area contributed by atoms with Crippen molar-refractivity contribution in [1.29, 1.82) is 0 Å². The highest BCUT2D eigenvalue weighted by atomic mass is 16.4. The van der Waals surface area contributed by atoms with Gasteiger partial charge < -0.3 is 90.8 Å². The minimum atomic E-state index is -1.82. The lowest BCUT2D eigenvalue weighted by Crippen LogP contribution is -2.61. The molecule has 0 aromatic heterocycles. The molecule has 0 spiro atoms. The summed E-state index contributed by atoms with van der Waals surface area (Å²) < 4.78 is 0. The van der Waals surface area contributed by atoms with Crippen LogP contribution >= 0.6 is 0 Å². The number of hydrogen-bond donors (Lipinski definition) is 15. The third-order valence-corrected chi connectivity index (χ3v) is 11.8. The van der Waals surface area contributed by atoms with Gasteiger partial charge in [-0.25, -0.2) is 4.79 Å². The lowest BCUT2D eigenvalue weighted by atomic mass is 10.0. The summed E-state index contributed by atoms with van der Waals surface area (Å²) in [6.07, 6.45) is -3.90. The molecular weight excluding hydrogens is 959 g/mol. The number of aliphatic hydroxyl groups excluding tert-OH is 2. The summed E-state index contributed by atoms with van der Waals surface area (Å²) in [4.78, 5) is 169. The van der Waals surface area contributed by atoms with Crippen molar-refractivity contribution in [2.45, 2.75) is 157 Å². The third kappa shape index (κ3) is 19.6. The molecule has 0 aromatic carbocycles. The molecule has 30 nitrogen and oxygen atoms in total. The van der Waals surface area contributed by atoms with Gasteiger partial charge in [0, 0.05) is 32.4 Å². The summed E-state index contributed by atoms with van der Waals surface area (Å²) >= 11 is 0. The Morgan fingerprint density at radius 3 is 1.56 bits per heavy atom. The number of nitrogens with two attached hydrogens (primary N) is 5. The first-order chi connectivity index (χ1) is 33.8. The van der Waals surface area contributed by atoms with E-state index >= 15 is 0 Å². The van der Waals surface area contributed by atoms with Crippen molar-refractivity contribution in [2.24, 2.45) is 28.7 Å². The van der Waals surface area contributed by atoms with E-state index < -0.39 is 176 Å². The molecule has 2 heterocycles. The molecule has 72 heavy (non-hydrogen) atoms. The molecule has 2 aliphatic heterocycles. The number of likely N-dealkylation sites (tertiary alicyclic amines) is 2. The number of unbranched alkanes of at least 4 members (excludes halogenated alkanes) is 1. The maximum atomic E-state index is 14.2. The van der Waals surface area contributed by atoms with Gasteiger partial charge in [0.2, 0.25) is 65.0 Å². The Balaban J connectivity index is 2.35. The van der Waals surface area contributed by atoms with E-state index in [9.17, 15) is 82.8 Å². The lowest BCUT2D eigenvalue weighted by molar-refractivity contribution is -0.149. The Hall–Kier alpha value is -7.05. The lowest BCUT2D eigenvalue weighted by Gasteiger charge is -2.33. The fourth-order valence-electron chi connectivity index (χ4n) is 7.87. The van der Waals surface area contributed by atoms with E-state index in [1.807, 2.05) is 0 Å². The predicted molar refractivity (Wildman–Crippen MR) is 246 cm³/mol. The van der Waals surface area contributed by atoms with Gasteiger partial charge in [0.15, 0.2) is 6.04 Å². The zero-order valence-corrected chi connectivity index (χ0v) is 39.9. The molecule has 0 radical (unpaired) electrons. The van der Waals surface area contributed by atoms with Crippen LogP contribution in [0.1, 0.15) is 96.8 Å². The van der Waals surface area contributed by atoms with Crippen molar-refractivity contribution in [3.8, 4) is 0 Å². The number of primary amides is 3. The Labute approximate surface area is 412 Å². The zero-order valence-electron chi connectivity index (χ0n) is 39.9. The van der Waals surface area contributed by atoms with Crippen molar-refractivity contribution >= 4 is 76.9 Å². The molecule has 404 valence electrons. The summed E-state index contributed by atoms with van der Waals surface area (Å²) in [5, 5.41) is 52.7. The van der Waals surface area contributed by atoms with Crippen molar-refractivity contribution in [3.63, 3.8) is 0 Å². The second-order valence-corrected chi connectivity index (χ2v) is 17.4. The summed E-state index contributed by atoms with van der Waals surface area (Å²) in [5.41, 5.74) is 27.2. The fraction of sp³-hybridized carbons (Fsp3) is 0.690. The van der Waals surface area contributed by atoms with E-state index in [2.05, 4.69) is 31.9 Å². The summed E-state index contributed by atoms with van der Waals surface area (Å²) in [6.45, 7) is 0.185. The average Bonchev–Trinajstić information content (AvgIpc) is 4.01. The molecule has 0 saturated carbocycles. The number of carbonyl (C=O) groups excluding carboxylic acids is 11. The number of aliphatic carboxylic acids is 2. The second kappa shape index (κ2) is 30.0. The van der Waals surface area contributed by atoms with Crippen LogP contribution in [0.15, 0.2) is 0 Å². The molecule has 20 N–H and O–H groups in total. The van der Waals surface area contributed by atoms with Crippen LogP contribution in [0, 0.1) is 0 Å². The van der Waals surface area contributed by atoms with Crippen LogP contribution in [0.2, 0.25) is 0 Å². The molecule has 0 aliphatic carbocycles. The van der Waals surface area contributed by atoms with Gasteiger partial charge in [0.05, 0.1) is 25.2 Å². The predicted octanol–water partition coefficient (Wildman–Crippen LogP) is -7.94. The van der Waals surface area contributed by atoms with E-state index in [4.69, 9.17) is 28.7 Å². The van der Waals surface area contributed by atoms with Crippen LogP contribution < -0.4 is 60.6 Å². The number of carboxylic acid groups (broad SMARTS) is 2. The van der Waals surface area contributed by atoms with Crippen molar-refractivity contribution < 1.29 is 82.8 Å². The second-order valence-electron chi connectivity index (χ2n) is 17.4. The largest absolute Gasteiger partial charge is 0.481 e. The van der Waals surface area contributed by atoms with Crippen LogP contribution in [0.25, 0.3) is 0 Å². The maximum absolute atomic E-state index is 14.2. The Morgan fingerprint density at radius 1 is 0.583 bits per heavy atom. The van der Waals surface area contributed by atoms with Gasteiger partial charge in [-0.05, 0) is 77.7 Å². The average molecular weight is 1030 g/mol. The molecule has 2 aliphatic rings. The molecule has 30 heteroatoms. The third-order valence-electron chi connectivity index (χ3n) is 11.8. The number of carbonyl (C=O) groups is 13. The smallest absolute Gasteiger partial charge is 0.328 e. The Bertz CT molecular complexity index is 2010. The van der Waals surface area contributed by atoms with Crippen molar-refractivity contribution in [3.05, 3.63) is 0 Å². The van der Waals surface area contributed by atoms with E-state index in [1.165, 1.54) is 4.90 Å². The highest BCUT2D eigenvalue weighted by Crippen LogP contribution is 2.26. The topological polar surface area (TPSA) is 512 Å². The first kappa shape index (κ1) is 61.1. The normalized spacial score (nSPS) is 18.6. The summed E-state index contributed by atoms with van der Waals surface area (Å²) in [7, 11) is 0. The highest BCUT2D eigenvalue weighted by molar-refractivity contribution is 5.99. The van der Waals surface area contributed by atoms with E-state index in [-0.39, 0.29) is 64.6 Å². The molecule has 2 fully saturated rings. The minimum Gasteiger partial charge on any atom is -0.481 e. The molecule has 2 saturated heterocycles. The molecule has 0 bridgehead atoms. The monoisotopic (exact) mass is 1030 g/mol. The fourth-order valence-corrected chi connectivity index (χ4v) is 7.87. The minimum absolute atomic E-state index is 0.0488. The maximum Gasteiger partial charge on any atom is 0.328 e. The Morgan fingerprint density at radius 2 is 1.06 bits per heavy atom. The van der Waals surface area contributed by atoms with Crippen LogP contribution in [0.4, 0.5) is 0 Å². The first-order valence-electron chi connectivity index (χ1n) is 23.3. The molecule has 0 aromatic rings.